The third-order valence-electron chi connectivity index (χ3n) is 8.81. The minimum Gasteiger partial charge on any atom is -0.317 e. The smallest absolute Gasteiger partial charge is 0.182 e. The second kappa shape index (κ2) is 7.71. The van der Waals surface area contributed by atoms with Crippen LogP contribution in [0.1, 0.15) is 51.4 Å². The van der Waals surface area contributed by atoms with E-state index in [0.29, 0.717) is 23.0 Å². The van der Waals surface area contributed by atoms with Crippen LogP contribution in [-0.4, -0.2) is 34.9 Å². The van der Waals surface area contributed by atoms with E-state index in [-0.39, 0.29) is 5.41 Å². The topological polar surface area (TPSA) is 49.1 Å². The van der Waals surface area contributed by atoms with E-state index in [4.69, 9.17) is 17.0 Å². The van der Waals surface area contributed by atoms with E-state index in [2.05, 4.69) is 9.47 Å². The first-order valence-electron chi connectivity index (χ1n) is 12.1. The number of ketones is 1. The molecule has 2 aromatic rings. The molecule has 166 valence electrons. The van der Waals surface area contributed by atoms with Crippen LogP contribution in [-0.2, 0) is 11.3 Å². The van der Waals surface area contributed by atoms with E-state index in [9.17, 15) is 4.79 Å². The van der Waals surface area contributed by atoms with Gasteiger partial charge in [0.25, 0.3) is 0 Å². The van der Waals surface area contributed by atoms with E-state index in [1.807, 2.05) is 18.2 Å². The van der Waals surface area contributed by atoms with Crippen molar-refractivity contribution in [2.45, 2.75) is 57.9 Å². The van der Waals surface area contributed by atoms with Gasteiger partial charge in [-0.15, -0.1) is 0 Å². The normalized spacial score (nSPS) is 33.4. The molecule has 1 N–H and O–H groups in total. The maximum Gasteiger partial charge on any atom is 0.182 e. The average molecular weight is 458 g/mol. The summed E-state index contributed by atoms with van der Waals surface area (Å²) >= 11 is 7.64. The van der Waals surface area contributed by atoms with E-state index >= 15 is 0 Å². The van der Waals surface area contributed by atoms with Gasteiger partial charge in [-0.1, -0.05) is 22.9 Å². The highest BCUT2D eigenvalue weighted by Gasteiger charge is 2.54. The molecule has 4 saturated carbocycles. The first-order chi connectivity index (χ1) is 15.0. The Hall–Kier alpha value is -1.17. The maximum absolute atomic E-state index is 13.4. The van der Waals surface area contributed by atoms with Crippen molar-refractivity contribution in [3.63, 3.8) is 0 Å². The van der Waals surface area contributed by atoms with E-state index < -0.39 is 0 Å². The van der Waals surface area contributed by atoms with Gasteiger partial charge in [-0.2, -0.15) is 0 Å². The summed E-state index contributed by atoms with van der Waals surface area (Å²) in [6.45, 7) is 3.61. The van der Waals surface area contributed by atoms with Gasteiger partial charge in [-0.05, 0) is 106 Å². The summed E-state index contributed by atoms with van der Waals surface area (Å²) in [6, 6.07) is 5.94. The molecule has 0 unspecified atom stereocenters. The highest BCUT2D eigenvalue weighted by atomic mass is 35.5. The molecule has 5 aliphatic rings. The van der Waals surface area contributed by atoms with Gasteiger partial charge in [0.15, 0.2) is 10.6 Å². The Labute approximate surface area is 193 Å². The lowest BCUT2D eigenvalue weighted by molar-refractivity contribution is -0.145. The third kappa shape index (κ3) is 3.71. The van der Waals surface area contributed by atoms with Crippen LogP contribution in [0, 0.1) is 34.5 Å². The molecule has 1 aromatic carbocycles. The summed E-state index contributed by atoms with van der Waals surface area (Å²) in [5.41, 5.74) is 1.16. The molecule has 4 nitrogen and oxygen atoms in total. The summed E-state index contributed by atoms with van der Waals surface area (Å²) in [5, 5.41) is 9.14. The van der Waals surface area contributed by atoms with Crippen molar-refractivity contribution >= 4 is 38.9 Å². The number of hydrogen-bond donors (Lipinski definition) is 1. The van der Waals surface area contributed by atoms with Crippen molar-refractivity contribution in [3.8, 4) is 0 Å². The van der Waals surface area contributed by atoms with Crippen LogP contribution in [0.2, 0.25) is 5.02 Å². The molecule has 0 atom stereocenters. The number of likely N-dealkylation sites (tertiary alicyclic amines) is 1. The second-order valence-corrected chi connectivity index (χ2v) is 12.4. The fourth-order valence-electron chi connectivity index (χ4n) is 7.65. The van der Waals surface area contributed by atoms with Crippen LogP contribution in [0.5, 0.6) is 0 Å². The number of hydrogen-bond acceptors (Lipinski definition) is 4. The van der Waals surface area contributed by atoms with Gasteiger partial charge in [0.1, 0.15) is 0 Å². The van der Waals surface area contributed by atoms with Crippen LogP contribution in [0.3, 0.4) is 0 Å². The van der Waals surface area contributed by atoms with Crippen molar-refractivity contribution < 1.29 is 4.79 Å². The number of rotatable bonds is 5. The largest absolute Gasteiger partial charge is 0.317 e. The first kappa shape index (κ1) is 20.4. The van der Waals surface area contributed by atoms with Gasteiger partial charge in [-0.25, -0.2) is 0 Å². The lowest BCUT2D eigenvalue weighted by Gasteiger charge is -2.56. The molecular weight excluding hydrogens is 426 g/mol. The standard InChI is InChI=1S/C25H32ClN3OS/c26-20-1-2-21-22(10-20)31-24(27)29(21)14-16-3-5-28(6-4-16)15-23(30)25-11-17-7-18(12-25)9-19(8-17)13-25/h1-2,10,16-19,27H,3-9,11-15H2. The summed E-state index contributed by atoms with van der Waals surface area (Å²) < 4.78 is 3.24. The first-order valence-corrected chi connectivity index (χ1v) is 13.3. The molecule has 1 aliphatic heterocycles. The summed E-state index contributed by atoms with van der Waals surface area (Å²) in [5.74, 6) is 3.66. The van der Waals surface area contributed by atoms with Crippen molar-refractivity contribution in [3.05, 3.63) is 28.0 Å². The molecule has 5 fully saturated rings. The number of piperidine rings is 1. The summed E-state index contributed by atoms with van der Waals surface area (Å²) in [7, 11) is 0. The third-order valence-corrected chi connectivity index (χ3v) is 10.0. The van der Waals surface area contributed by atoms with Crippen molar-refractivity contribution in [1.29, 1.82) is 5.41 Å². The highest BCUT2D eigenvalue weighted by Crippen LogP contribution is 2.60. The number of halogens is 1. The average Bonchev–Trinajstić information content (AvgIpc) is 3.02. The number of thiazole rings is 1. The zero-order chi connectivity index (χ0) is 21.2. The fourth-order valence-corrected chi connectivity index (χ4v) is 8.85. The lowest BCUT2D eigenvalue weighted by Crippen LogP contribution is -2.53. The number of carbonyl (C=O) groups excluding carboxylic acids is 1. The number of nitrogens with zero attached hydrogens (tertiary/aromatic N) is 2. The Morgan fingerprint density at radius 1 is 1.10 bits per heavy atom. The Morgan fingerprint density at radius 3 is 2.39 bits per heavy atom. The molecular formula is C25H32ClN3OS. The van der Waals surface area contributed by atoms with Gasteiger partial charge >= 0.3 is 0 Å². The van der Waals surface area contributed by atoms with Crippen LogP contribution in [0.25, 0.3) is 10.2 Å². The van der Waals surface area contributed by atoms with Gasteiger partial charge in [0, 0.05) is 17.0 Å². The Bertz CT molecular complexity index is 1030. The van der Waals surface area contributed by atoms with Gasteiger partial charge in [0.2, 0.25) is 0 Å². The van der Waals surface area contributed by atoms with Crippen LogP contribution < -0.4 is 4.80 Å². The molecule has 4 bridgehead atoms. The summed E-state index contributed by atoms with van der Waals surface area (Å²) in [4.78, 5) is 16.5. The molecule has 0 radical (unpaired) electrons. The van der Waals surface area contributed by atoms with Gasteiger partial charge < -0.3 is 4.57 Å². The minimum absolute atomic E-state index is 0.0401. The van der Waals surface area contributed by atoms with Crippen LogP contribution in [0.4, 0.5) is 0 Å². The minimum atomic E-state index is 0.0401. The van der Waals surface area contributed by atoms with Crippen LogP contribution >= 0.6 is 22.9 Å². The quantitative estimate of drug-likeness (QED) is 0.659. The lowest BCUT2D eigenvalue weighted by atomic mass is 9.48. The molecule has 6 heteroatoms. The van der Waals surface area contributed by atoms with Crippen molar-refractivity contribution in [2.75, 3.05) is 19.6 Å². The summed E-state index contributed by atoms with van der Waals surface area (Å²) in [6.07, 6.45) is 9.99. The number of benzene rings is 1. The highest BCUT2D eigenvalue weighted by molar-refractivity contribution is 7.16. The molecule has 0 amide bonds. The van der Waals surface area contributed by atoms with Gasteiger partial charge in [-0.3, -0.25) is 15.1 Å². The maximum atomic E-state index is 13.4. The molecule has 31 heavy (non-hydrogen) atoms. The SMILES string of the molecule is N=c1sc2cc(Cl)ccc2n1CC1CCN(CC(=O)C23CC4CC(CC(C4)C2)C3)CC1. The fraction of sp³-hybridized carbons (Fsp3) is 0.680. The second-order valence-electron chi connectivity index (χ2n) is 11.0. The van der Waals surface area contributed by atoms with E-state index in [1.165, 1.54) is 49.9 Å². The Balaban J connectivity index is 1.08. The number of Topliss-reactive ketones (excluding diaryl/α,β-unsaturated/α-hetero) is 1. The number of fused-ring (bicyclic) bond motifs is 1. The zero-order valence-electron chi connectivity index (χ0n) is 18.1. The molecule has 1 aromatic heterocycles. The predicted octanol–water partition coefficient (Wildman–Crippen LogP) is 5.33. The van der Waals surface area contributed by atoms with Crippen LogP contribution in [0.15, 0.2) is 18.2 Å². The molecule has 4 aliphatic carbocycles. The molecule has 7 rings (SSSR count). The predicted molar refractivity (Wildman–Crippen MR) is 125 cm³/mol. The number of carbonyl (C=O) groups is 1. The molecule has 1 saturated heterocycles. The molecule has 0 spiro atoms. The van der Waals surface area contributed by atoms with Gasteiger partial charge in [0.05, 0.1) is 16.8 Å². The van der Waals surface area contributed by atoms with Crippen molar-refractivity contribution in [2.24, 2.45) is 29.1 Å². The number of aromatic nitrogens is 1. The molecule has 2 heterocycles. The monoisotopic (exact) mass is 457 g/mol. The Kier molecular flexibility index (Phi) is 5.08. The van der Waals surface area contributed by atoms with E-state index in [1.54, 1.807) is 0 Å². The number of nitrogens with one attached hydrogen (secondary N) is 1. The van der Waals surface area contributed by atoms with Crippen molar-refractivity contribution in [1.82, 2.24) is 9.47 Å². The zero-order valence-corrected chi connectivity index (χ0v) is 19.7. The van der Waals surface area contributed by atoms with E-state index in [0.717, 1.165) is 65.5 Å². The Morgan fingerprint density at radius 2 is 1.74 bits per heavy atom.